The Bertz CT molecular complexity index is 521. The van der Waals surface area contributed by atoms with Crippen LogP contribution in [0.5, 0.6) is 0 Å². The molecule has 0 aliphatic carbocycles. The molecule has 0 N–H and O–H groups in total. The van der Waals surface area contributed by atoms with Crippen LogP contribution in [0.3, 0.4) is 0 Å². The molecule has 2 nitrogen and oxygen atoms in total. The number of benzene rings is 1. The highest BCUT2D eigenvalue weighted by Crippen LogP contribution is 2.57. The molecule has 0 radical (unpaired) electrons. The van der Waals surface area contributed by atoms with Crippen LogP contribution in [0.2, 0.25) is 10.1 Å². The van der Waals surface area contributed by atoms with Crippen molar-refractivity contribution in [1.29, 1.82) is 0 Å². The van der Waals surface area contributed by atoms with Gasteiger partial charge in [-0.2, -0.15) is 0 Å². The van der Waals surface area contributed by atoms with Gasteiger partial charge in [0, 0.05) is 12.2 Å². The van der Waals surface area contributed by atoms with Gasteiger partial charge in [0.2, 0.25) is 8.32 Å². The fourth-order valence-corrected chi connectivity index (χ4v) is 8.75. The first kappa shape index (κ1) is 17.5. The van der Waals surface area contributed by atoms with Crippen molar-refractivity contribution < 1.29 is 9.16 Å². The average molecular weight is 319 g/mol. The van der Waals surface area contributed by atoms with E-state index in [0.717, 1.165) is 0 Å². The molecule has 0 fully saturated rings. The molecule has 1 heterocycles. The molecule has 1 aliphatic rings. The quantitative estimate of drug-likeness (QED) is 0.680. The van der Waals surface area contributed by atoms with Gasteiger partial charge >= 0.3 is 0 Å². The largest absolute Gasteiger partial charge is 0.384 e. The Kier molecular flexibility index (Phi) is 4.72. The molecule has 22 heavy (non-hydrogen) atoms. The molecule has 1 aromatic carbocycles. The monoisotopic (exact) mass is 318 g/mol. The summed E-state index contributed by atoms with van der Waals surface area (Å²) >= 11 is 0. The van der Waals surface area contributed by atoms with Gasteiger partial charge in [0.15, 0.2) is 6.29 Å². The third-order valence-corrected chi connectivity index (χ3v) is 10.3. The lowest BCUT2D eigenvalue weighted by molar-refractivity contribution is -0.0386. The van der Waals surface area contributed by atoms with E-state index in [1.807, 2.05) is 13.0 Å². The highest BCUT2D eigenvalue weighted by atomic mass is 28.4. The van der Waals surface area contributed by atoms with E-state index in [0.29, 0.717) is 6.61 Å². The summed E-state index contributed by atoms with van der Waals surface area (Å²) in [4.78, 5) is 0. The Labute approximate surface area is 136 Å². The Hall–Kier alpha value is -0.903. The molecule has 0 saturated carbocycles. The summed E-state index contributed by atoms with van der Waals surface area (Å²) in [6.07, 6.45) is -0.238. The van der Waals surface area contributed by atoms with Crippen LogP contribution in [-0.4, -0.2) is 21.2 Å². The summed E-state index contributed by atoms with van der Waals surface area (Å²) in [5.74, 6) is 0. The fraction of sp³-hybridized carbons (Fsp3) is 0.579. The van der Waals surface area contributed by atoms with E-state index in [2.05, 4.69) is 71.5 Å². The summed E-state index contributed by atoms with van der Waals surface area (Å²) in [5.41, 5.74) is 4.87. The normalized spacial score (nSPS) is 21.8. The van der Waals surface area contributed by atoms with Gasteiger partial charge in [-0.05, 0) is 22.6 Å². The number of rotatable bonds is 3. The molecule has 122 valence electrons. The maximum atomic E-state index is 6.71. The zero-order valence-corrected chi connectivity index (χ0v) is 16.1. The number of hydrogen-bond donors (Lipinski definition) is 0. The number of hydrogen-bond acceptors (Lipinski definition) is 2. The smallest absolute Gasteiger partial charge is 0.232 e. The van der Waals surface area contributed by atoms with Crippen LogP contribution in [0.25, 0.3) is 5.57 Å². The lowest BCUT2D eigenvalue weighted by Crippen LogP contribution is -2.52. The topological polar surface area (TPSA) is 18.5 Å². The second kappa shape index (κ2) is 5.95. The molecule has 1 aliphatic heterocycles. The molecule has 1 atom stereocenters. The van der Waals surface area contributed by atoms with Crippen molar-refractivity contribution in [3.63, 3.8) is 0 Å². The summed E-state index contributed by atoms with van der Waals surface area (Å²) < 4.78 is 12.7. The van der Waals surface area contributed by atoms with Crippen molar-refractivity contribution in [2.24, 2.45) is 0 Å². The molecule has 3 heteroatoms. The minimum atomic E-state index is -2.17. The first-order valence-corrected chi connectivity index (χ1v) is 10.2. The van der Waals surface area contributed by atoms with E-state index in [1.165, 1.54) is 11.1 Å². The SMILES string of the molecule is CCOC1O[Si](C(C)(C)C)(C(C)(C)C)C=C1c1ccccc1. The fourth-order valence-electron chi connectivity index (χ4n) is 3.59. The molecular formula is C19H30O2Si. The van der Waals surface area contributed by atoms with Gasteiger partial charge in [-0.15, -0.1) is 0 Å². The molecule has 1 unspecified atom stereocenters. The van der Waals surface area contributed by atoms with Gasteiger partial charge < -0.3 is 9.16 Å². The third-order valence-electron chi connectivity index (χ3n) is 4.56. The van der Waals surface area contributed by atoms with Crippen LogP contribution in [0.1, 0.15) is 54.0 Å². The van der Waals surface area contributed by atoms with Crippen molar-refractivity contribution in [3.05, 3.63) is 41.6 Å². The minimum Gasteiger partial charge on any atom is -0.384 e. The summed E-state index contributed by atoms with van der Waals surface area (Å²) in [7, 11) is -2.17. The summed E-state index contributed by atoms with van der Waals surface area (Å²) in [5, 5.41) is 0.217. The predicted molar refractivity (Wildman–Crippen MR) is 96.1 cm³/mol. The van der Waals surface area contributed by atoms with E-state index in [1.54, 1.807) is 0 Å². The van der Waals surface area contributed by atoms with Gasteiger partial charge in [-0.1, -0.05) is 77.6 Å². The molecule has 0 aromatic heterocycles. The zero-order valence-electron chi connectivity index (χ0n) is 15.1. The van der Waals surface area contributed by atoms with Crippen LogP contribution >= 0.6 is 0 Å². The van der Waals surface area contributed by atoms with Crippen molar-refractivity contribution in [1.82, 2.24) is 0 Å². The molecular weight excluding hydrogens is 288 g/mol. The molecule has 0 spiro atoms. The standard InChI is InChI=1S/C19H30O2Si/c1-8-20-17-16(15-12-10-9-11-13-15)14-22(21-17,18(2,3)4)19(5,6)7/h9-14,17H,8H2,1-7H3. The summed E-state index contributed by atoms with van der Waals surface area (Å²) in [6.45, 7) is 16.5. The maximum Gasteiger partial charge on any atom is 0.232 e. The first-order chi connectivity index (χ1) is 10.1. The van der Waals surface area contributed by atoms with E-state index >= 15 is 0 Å². The molecule has 2 rings (SSSR count). The van der Waals surface area contributed by atoms with Crippen LogP contribution in [0, 0.1) is 0 Å². The lowest BCUT2D eigenvalue weighted by Gasteiger charge is -2.47. The van der Waals surface area contributed by atoms with Crippen molar-refractivity contribution in [2.45, 2.75) is 64.8 Å². The van der Waals surface area contributed by atoms with Gasteiger partial charge in [0.05, 0.1) is 0 Å². The Balaban J connectivity index is 2.57. The van der Waals surface area contributed by atoms with Crippen LogP contribution in [-0.2, 0) is 9.16 Å². The van der Waals surface area contributed by atoms with Gasteiger partial charge in [0.25, 0.3) is 0 Å². The van der Waals surface area contributed by atoms with E-state index in [-0.39, 0.29) is 16.4 Å². The van der Waals surface area contributed by atoms with Crippen LogP contribution in [0.15, 0.2) is 36.0 Å². The van der Waals surface area contributed by atoms with Gasteiger partial charge in [0.1, 0.15) is 0 Å². The molecule has 0 amide bonds. The second-order valence-electron chi connectivity index (χ2n) is 8.11. The molecule has 0 saturated heterocycles. The number of ether oxygens (including phenoxy) is 1. The van der Waals surface area contributed by atoms with Gasteiger partial charge in [-0.25, -0.2) is 0 Å². The zero-order chi connectivity index (χ0) is 16.6. The molecule has 1 aromatic rings. The molecule has 0 bridgehead atoms. The Morgan fingerprint density at radius 3 is 2.00 bits per heavy atom. The summed E-state index contributed by atoms with van der Waals surface area (Å²) in [6, 6.07) is 10.5. The predicted octanol–water partition coefficient (Wildman–Crippen LogP) is 5.55. The van der Waals surface area contributed by atoms with Crippen LogP contribution in [0.4, 0.5) is 0 Å². The Morgan fingerprint density at radius 1 is 1.00 bits per heavy atom. The minimum absolute atomic E-state index is 0.108. The second-order valence-corrected chi connectivity index (χ2v) is 13.1. The van der Waals surface area contributed by atoms with Crippen molar-refractivity contribution >= 4 is 13.9 Å². The van der Waals surface area contributed by atoms with Crippen LogP contribution < -0.4 is 0 Å². The maximum absolute atomic E-state index is 6.71. The van der Waals surface area contributed by atoms with Crippen molar-refractivity contribution in [2.75, 3.05) is 6.61 Å². The highest BCUT2D eigenvalue weighted by molar-refractivity contribution is 6.85. The Morgan fingerprint density at radius 2 is 1.55 bits per heavy atom. The van der Waals surface area contributed by atoms with E-state index < -0.39 is 8.32 Å². The van der Waals surface area contributed by atoms with Gasteiger partial charge in [-0.3, -0.25) is 0 Å². The van der Waals surface area contributed by atoms with Crippen molar-refractivity contribution in [3.8, 4) is 0 Å². The lowest BCUT2D eigenvalue weighted by atomic mass is 10.1. The average Bonchev–Trinajstić information content (AvgIpc) is 2.80. The van der Waals surface area contributed by atoms with E-state index in [9.17, 15) is 0 Å². The van der Waals surface area contributed by atoms with E-state index in [4.69, 9.17) is 9.16 Å². The highest BCUT2D eigenvalue weighted by Gasteiger charge is 2.58. The third kappa shape index (κ3) is 2.94. The first-order valence-electron chi connectivity index (χ1n) is 8.20.